The molecule has 0 saturated carbocycles. The van der Waals surface area contributed by atoms with Crippen LogP contribution in [0.4, 0.5) is 5.69 Å². The lowest BCUT2D eigenvalue weighted by atomic mass is 10.1. The van der Waals surface area contributed by atoms with Crippen molar-refractivity contribution in [3.63, 3.8) is 0 Å². The van der Waals surface area contributed by atoms with Gasteiger partial charge < -0.3 is 10.2 Å². The second-order valence-corrected chi connectivity index (χ2v) is 5.56. The molecule has 0 amide bonds. The molecule has 1 heterocycles. The number of hydrogen-bond donors (Lipinski definition) is 1. The van der Waals surface area contributed by atoms with E-state index >= 15 is 0 Å². The fourth-order valence-electron chi connectivity index (χ4n) is 2.25. The van der Waals surface area contributed by atoms with Crippen molar-refractivity contribution >= 4 is 21.6 Å². The first-order valence-corrected chi connectivity index (χ1v) is 6.65. The molecule has 0 aromatic heterocycles. The van der Waals surface area contributed by atoms with Crippen molar-refractivity contribution in [1.82, 2.24) is 4.90 Å². The Morgan fingerprint density at radius 3 is 2.94 bits per heavy atom. The minimum atomic E-state index is 0.597. The van der Waals surface area contributed by atoms with E-state index in [2.05, 4.69) is 58.3 Å². The van der Waals surface area contributed by atoms with Gasteiger partial charge in [0.2, 0.25) is 0 Å². The molecule has 2 nitrogen and oxygen atoms in total. The number of hydrogen-bond acceptors (Lipinski definition) is 2. The van der Waals surface area contributed by atoms with E-state index in [1.165, 1.54) is 35.1 Å². The van der Waals surface area contributed by atoms with Gasteiger partial charge in [-0.2, -0.15) is 0 Å². The monoisotopic (exact) mass is 282 g/mol. The van der Waals surface area contributed by atoms with Crippen molar-refractivity contribution in [2.24, 2.45) is 0 Å². The van der Waals surface area contributed by atoms with Gasteiger partial charge in [0.25, 0.3) is 0 Å². The van der Waals surface area contributed by atoms with Crippen molar-refractivity contribution in [3.05, 3.63) is 28.2 Å². The van der Waals surface area contributed by atoms with Crippen molar-refractivity contribution in [3.8, 4) is 0 Å². The highest BCUT2D eigenvalue weighted by atomic mass is 79.9. The van der Waals surface area contributed by atoms with Crippen molar-refractivity contribution < 1.29 is 0 Å². The first kappa shape index (κ1) is 11.9. The Balaban J connectivity index is 2.00. The summed E-state index contributed by atoms with van der Waals surface area (Å²) in [6.07, 6.45) is 2.57. The minimum absolute atomic E-state index is 0.597. The highest BCUT2D eigenvalue weighted by Crippen LogP contribution is 2.22. The van der Waals surface area contributed by atoms with Crippen LogP contribution < -0.4 is 5.32 Å². The number of halogens is 1. The molecule has 16 heavy (non-hydrogen) atoms. The molecule has 1 unspecified atom stereocenters. The zero-order chi connectivity index (χ0) is 11.5. The predicted molar refractivity (Wildman–Crippen MR) is 73.0 cm³/mol. The van der Waals surface area contributed by atoms with Crippen LogP contribution in [0.2, 0.25) is 0 Å². The zero-order valence-electron chi connectivity index (χ0n) is 9.96. The topological polar surface area (TPSA) is 15.3 Å². The summed E-state index contributed by atoms with van der Waals surface area (Å²) in [5.41, 5.74) is 2.52. The van der Waals surface area contributed by atoms with Crippen LogP contribution in [-0.4, -0.2) is 31.1 Å². The van der Waals surface area contributed by atoms with Crippen LogP contribution in [0.5, 0.6) is 0 Å². The Morgan fingerprint density at radius 2 is 2.25 bits per heavy atom. The molecule has 2 rings (SSSR count). The fraction of sp³-hybridized carbons (Fsp3) is 0.538. The molecule has 0 spiro atoms. The van der Waals surface area contributed by atoms with Gasteiger partial charge in [0.1, 0.15) is 0 Å². The van der Waals surface area contributed by atoms with E-state index in [4.69, 9.17) is 0 Å². The number of nitrogens with zero attached hydrogens (tertiary/aromatic N) is 1. The number of anilines is 1. The molecule has 0 radical (unpaired) electrons. The molecular weight excluding hydrogens is 264 g/mol. The van der Waals surface area contributed by atoms with E-state index in [-0.39, 0.29) is 0 Å². The smallest absolute Gasteiger partial charge is 0.0388 e. The normalized spacial score (nSPS) is 22.1. The standard InChI is InChI=1S/C13H19BrN2/c1-10-8-11(5-6-13(10)14)15-12-4-3-7-16(2)9-12/h5-6,8,12,15H,3-4,7,9H2,1-2H3. The van der Waals surface area contributed by atoms with Crippen LogP contribution in [0.1, 0.15) is 18.4 Å². The van der Waals surface area contributed by atoms with Crippen LogP contribution >= 0.6 is 15.9 Å². The van der Waals surface area contributed by atoms with E-state index in [1.54, 1.807) is 0 Å². The zero-order valence-corrected chi connectivity index (χ0v) is 11.5. The van der Waals surface area contributed by atoms with Crippen molar-refractivity contribution in [2.45, 2.75) is 25.8 Å². The van der Waals surface area contributed by atoms with E-state index in [0.29, 0.717) is 6.04 Å². The van der Waals surface area contributed by atoms with Crippen LogP contribution in [-0.2, 0) is 0 Å². The Kier molecular flexibility index (Phi) is 3.87. The third kappa shape index (κ3) is 2.98. The molecule has 1 aromatic rings. The molecule has 1 aromatic carbocycles. The van der Waals surface area contributed by atoms with Gasteiger partial charge in [-0.15, -0.1) is 0 Å². The van der Waals surface area contributed by atoms with Gasteiger partial charge in [0.05, 0.1) is 0 Å². The summed E-state index contributed by atoms with van der Waals surface area (Å²) < 4.78 is 1.18. The highest BCUT2D eigenvalue weighted by Gasteiger charge is 2.16. The number of benzene rings is 1. The number of likely N-dealkylation sites (N-methyl/N-ethyl adjacent to an activating group) is 1. The predicted octanol–water partition coefficient (Wildman–Crippen LogP) is 3.26. The largest absolute Gasteiger partial charge is 0.381 e. The van der Waals surface area contributed by atoms with Gasteiger partial charge in [-0.25, -0.2) is 0 Å². The average molecular weight is 283 g/mol. The average Bonchev–Trinajstić information content (AvgIpc) is 2.24. The number of aryl methyl sites for hydroxylation is 1. The number of likely N-dealkylation sites (tertiary alicyclic amines) is 1. The van der Waals surface area contributed by atoms with Crippen LogP contribution in [0.25, 0.3) is 0 Å². The Labute approximate surface area is 106 Å². The highest BCUT2D eigenvalue weighted by molar-refractivity contribution is 9.10. The fourth-order valence-corrected chi connectivity index (χ4v) is 2.50. The van der Waals surface area contributed by atoms with Crippen LogP contribution in [0, 0.1) is 6.92 Å². The maximum absolute atomic E-state index is 3.62. The molecular formula is C13H19BrN2. The summed E-state index contributed by atoms with van der Waals surface area (Å²) in [4.78, 5) is 2.40. The third-order valence-electron chi connectivity index (χ3n) is 3.15. The quantitative estimate of drug-likeness (QED) is 0.896. The molecule has 1 fully saturated rings. The molecule has 1 aliphatic rings. The number of piperidine rings is 1. The first-order valence-electron chi connectivity index (χ1n) is 5.86. The molecule has 3 heteroatoms. The Hall–Kier alpha value is -0.540. The van der Waals surface area contributed by atoms with Crippen molar-refractivity contribution in [2.75, 3.05) is 25.5 Å². The second kappa shape index (κ2) is 5.19. The van der Waals surface area contributed by atoms with E-state index in [1.807, 2.05) is 0 Å². The van der Waals surface area contributed by atoms with Gasteiger partial charge in [-0.1, -0.05) is 15.9 Å². The van der Waals surface area contributed by atoms with Gasteiger partial charge in [0.15, 0.2) is 0 Å². The lowest BCUT2D eigenvalue weighted by molar-refractivity contribution is 0.261. The molecule has 1 atom stereocenters. The molecule has 1 saturated heterocycles. The SMILES string of the molecule is Cc1cc(NC2CCCN(C)C2)ccc1Br. The Bertz CT molecular complexity index is 365. The molecule has 0 bridgehead atoms. The maximum atomic E-state index is 3.62. The molecule has 1 N–H and O–H groups in total. The molecule has 88 valence electrons. The summed E-state index contributed by atoms with van der Waals surface area (Å²) in [7, 11) is 2.20. The van der Waals surface area contributed by atoms with Gasteiger partial charge >= 0.3 is 0 Å². The van der Waals surface area contributed by atoms with E-state index in [9.17, 15) is 0 Å². The molecule has 0 aliphatic carbocycles. The number of rotatable bonds is 2. The van der Waals surface area contributed by atoms with Gasteiger partial charge in [0, 0.05) is 22.7 Å². The summed E-state index contributed by atoms with van der Waals surface area (Å²) in [6.45, 7) is 4.51. The summed E-state index contributed by atoms with van der Waals surface area (Å²) >= 11 is 3.53. The van der Waals surface area contributed by atoms with Crippen molar-refractivity contribution in [1.29, 1.82) is 0 Å². The van der Waals surface area contributed by atoms with Crippen LogP contribution in [0.3, 0.4) is 0 Å². The van der Waals surface area contributed by atoms with E-state index in [0.717, 1.165) is 6.54 Å². The van der Waals surface area contributed by atoms with Gasteiger partial charge in [-0.05, 0) is 57.1 Å². The number of nitrogens with one attached hydrogen (secondary N) is 1. The summed E-state index contributed by atoms with van der Waals surface area (Å²) in [5.74, 6) is 0. The Morgan fingerprint density at radius 1 is 1.44 bits per heavy atom. The molecule has 1 aliphatic heterocycles. The lowest BCUT2D eigenvalue weighted by Gasteiger charge is -2.31. The lowest BCUT2D eigenvalue weighted by Crippen LogP contribution is -2.39. The maximum Gasteiger partial charge on any atom is 0.0388 e. The van der Waals surface area contributed by atoms with Crippen LogP contribution in [0.15, 0.2) is 22.7 Å². The summed E-state index contributed by atoms with van der Waals surface area (Å²) in [6, 6.07) is 7.06. The first-order chi connectivity index (χ1) is 7.65. The third-order valence-corrected chi connectivity index (χ3v) is 4.04. The van der Waals surface area contributed by atoms with E-state index < -0.39 is 0 Å². The van der Waals surface area contributed by atoms with Gasteiger partial charge in [-0.3, -0.25) is 0 Å². The minimum Gasteiger partial charge on any atom is -0.381 e. The summed E-state index contributed by atoms with van der Waals surface area (Å²) in [5, 5.41) is 3.62. The second-order valence-electron chi connectivity index (χ2n) is 4.71.